The minimum absolute atomic E-state index is 0.343. The summed E-state index contributed by atoms with van der Waals surface area (Å²) < 4.78 is 7.84. The Morgan fingerprint density at radius 1 is 1.37 bits per heavy atom. The van der Waals surface area contributed by atoms with Crippen LogP contribution < -0.4 is 5.32 Å². The van der Waals surface area contributed by atoms with Crippen LogP contribution in [0.25, 0.3) is 11.2 Å². The number of rotatable bonds is 2. The van der Waals surface area contributed by atoms with E-state index >= 15 is 0 Å². The van der Waals surface area contributed by atoms with Crippen LogP contribution in [0.4, 0.5) is 0 Å². The van der Waals surface area contributed by atoms with E-state index in [9.17, 15) is 0 Å². The van der Waals surface area contributed by atoms with Crippen molar-refractivity contribution in [2.45, 2.75) is 31.3 Å². The fourth-order valence-electron chi connectivity index (χ4n) is 3.17. The molecule has 2 unspecified atom stereocenters. The van der Waals surface area contributed by atoms with Gasteiger partial charge in [0.2, 0.25) is 0 Å². The molecule has 0 bridgehead atoms. The number of nitrogens with zero attached hydrogens (tertiary/aromatic N) is 3. The van der Waals surface area contributed by atoms with Gasteiger partial charge in [-0.3, -0.25) is 9.88 Å². The molecule has 4 rings (SSSR count). The normalized spacial score (nSPS) is 27.4. The molecule has 2 saturated heterocycles. The van der Waals surface area contributed by atoms with E-state index < -0.39 is 0 Å². The van der Waals surface area contributed by atoms with Crippen molar-refractivity contribution in [1.29, 1.82) is 0 Å². The zero-order valence-corrected chi connectivity index (χ0v) is 10.9. The summed E-state index contributed by atoms with van der Waals surface area (Å²) in [5.41, 5.74) is 2.00. The number of hydrogen-bond donors (Lipinski definition) is 1. The van der Waals surface area contributed by atoms with Crippen molar-refractivity contribution in [3.05, 3.63) is 24.2 Å². The van der Waals surface area contributed by atoms with Gasteiger partial charge in [0.15, 0.2) is 5.65 Å². The van der Waals surface area contributed by atoms with Crippen LogP contribution in [0.5, 0.6) is 0 Å². The molecule has 2 aliphatic rings. The lowest BCUT2D eigenvalue weighted by molar-refractivity contribution is 0.192. The topological polar surface area (TPSA) is 52.0 Å². The minimum Gasteiger partial charge on any atom is -0.381 e. The van der Waals surface area contributed by atoms with Crippen LogP contribution in [0.1, 0.15) is 37.2 Å². The number of nitrogens with one attached hydrogen (secondary N) is 1. The van der Waals surface area contributed by atoms with Crippen LogP contribution in [0, 0.1) is 0 Å². The highest BCUT2D eigenvalue weighted by Crippen LogP contribution is 2.31. The number of ether oxygens (including phenoxy) is 1. The first-order valence-corrected chi connectivity index (χ1v) is 7.07. The van der Waals surface area contributed by atoms with Crippen molar-refractivity contribution in [3.8, 4) is 0 Å². The standard InChI is InChI=1S/C14H18N4O/c1-3-11-14(16-7-1)18(12-4-2-6-15-12)13(17-11)10-5-8-19-9-10/h1,3,7,10,12,15H,2,4-6,8-9H2. The zero-order chi connectivity index (χ0) is 12.7. The van der Waals surface area contributed by atoms with Crippen molar-refractivity contribution < 1.29 is 4.74 Å². The summed E-state index contributed by atoms with van der Waals surface area (Å²) in [6.07, 6.45) is 5.64. The Bertz CT molecular complexity index is 582. The lowest BCUT2D eigenvalue weighted by Crippen LogP contribution is -2.23. The van der Waals surface area contributed by atoms with Gasteiger partial charge in [0, 0.05) is 18.7 Å². The van der Waals surface area contributed by atoms with Crippen molar-refractivity contribution >= 4 is 11.2 Å². The maximum atomic E-state index is 5.53. The Kier molecular flexibility index (Phi) is 2.74. The molecule has 5 nitrogen and oxygen atoms in total. The highest BCUT2D eigenvalue weighted by molar-refractivity contribution is 5.71. The predicted molar refractivity (Wildman–Crippen MR) is 72.0 cm³/mol. The molecule has 2 atom stereocenters. The van der Waals surface area contributed by atoms with E-state index in [1.807, 2.05) is 18.3 Å². The van der Waals surface area contributed by atoms with Crippen molar-refractivity contribution in [1.82, 2.24) is 19.9 Å². The Morgan fingerprint density at radius 2 is 2.37 bits per heavy atom. The Labute approximate surface area is 112 Å². The fourth-order valence-corrected chi connectivity index (χ4v) is 3.17. The first-order chi connectivity index (χ1) is 9.43. The van der Waals surface area contributed by atoms with Crippen molar-refractivity contribution in [2.24, 2.45) is 0 Å². The molecular weight excluding hydrogens is 240 g/mol. The Balaban J connectivity index is 1.87. The maximum Gasteiger partial charge on any atom is 0.161 e. The lowest BCUT2D eigenvalue weighted by Gasteiger charge is -2.18. The van der Waals surface area contributed by atoms with Gasteiger partial charge in [0.1, 0.15) is 11.3 Å². The van der Waals surface area contributed by atoms with E-state index in [0.29, 0.717) is 12.1 Å². The molecule has 2 fully saturated rings. The van der Waals surface area contributed by atoms with Gasteiger partial charge in [-0.15, -0.1) is 0 Å². The summed E-state index contributed by atoms with van der Waals surface area (Å²) >= 11 is 0. The largest absolute Gasteiger partial charge is 0.381 e. The molecule has 1 N–H and O–H groups in total. The third kappa shape index (κ3) is 1.84. The molecule has 0 radical (unpaired) electrons. The number of pyridine rings is 1. The van der Waals surface area contributed by atoms with Crippen LogP contribution >= 0.6 is 0 Å². The van der Waals surface area contributed by atoms with E-state index in [4.69, 9.17) is 9.72 Å². The highest BCUT2D eigenvalue weighted by atomic mass is 16.5. The van der Waals surface area contributed by atoms with Crippen molar-refractivity contribution in [3.63, 3.8) is 0 Å². The number of aromatic nitrogens is 3. The quantitative estimate of drug-likeness (QED) is 0.892. The fraction of sp³-hybridized carbons (Fsp3) is 0.571. The summed E-state index contributed by atoms with van der Waals surface area (Å²) in [6.45, 7) is 2.72. The summed E-state index contributed by atoms with van der Waals surface area (Å²) in [4.78, 5) is 9.36. The van der Waals surface area contributed by atoms with Crippen LogP contribution in [-0.2, 0) is 4.74 Å². The Hall–Kier alpha value is -1.46. The second-order valence-electron chi connectivity index (χ2n) is 5.36. The first kappa shape index (κ1) is 11.4. The number of hydrogen-bond acceptors (Lipinski definition) is 4. The first-order valence-electron chi connectivity index (χ1n) is 7.07. The molecule has 0 spiro atoms. The van der Waals surface area contributed by atoms with Gasteiger partial charge in [-0.05, 0) is 37.9 Å². The van der Waals surface area contributed by atoms with Gasteiger partial charge in [-0.1, -0.05) is 0 Å². The van der Waals surface area contributed by atoms with Gasteiger partial charge in [-0.2, -0.15) is 0 Å². The van der Waals surface area contributed by atoms with E-state index in [2.05, 4.69) is 14.9 Å². The molecule has 5 heteroatoms. The molecule has 4 heterocycles. The average Bonchev–Trinajstić information content (AvgIpc) is 3.17. The van der Waals surface area contributed by atoms with Crippen LogP contribution in [0.15, 0.2) is 18.3 Å². The summed E-state index contributed by atoms with van der Waals surface area (Å²) in [5.74, 6) is 1.56. The summed E-state index contributed by atoms with van der Waals surface area (Å²) in [7, 11) is 0. The van der Waals surface area contributed by atoms with Crippen LogP contribution in [0.2, 0.25) is 0 Å². The van der Waals surface area contributed by atoms with E-state index in [-0.39, 0.29) is 0 Å². The smallest absolute Gasteiger partial charge is 0.161 e. The van der Waals surface area contributed by atoms with Crippen LogP contribution in [0.3, 0.4) is 0 Å². The second-order valence-corrected chi connectivity index (χ2v) is 5.36. The van der Waals surface area contributed by atoms with E-state index in [1.54, 1.807) is 0 Å². The maximum absolute atomic E-state index is 5.53. The van der Waals surface area contributed by atoms with Gasteiger partial charge in [0.05, 0.1) is 12.8 Å². The molecular formula is C14H18N4O. The van der Waals surface area contributed by atoms with Gasteiger partial charge >= 0.3 is 0 Å². The molecule has 0 saturated carbocycles. The monoisotopic (exact) mass is 258 g/mol. The summed E-state index contributed by atoms with van der Waals surface area (Å²) in [5, 5.41) is 3.56. The zero-order valence-electron chi connectivity index (χ0n) is 10.9. The third-order valence-corrected chi connectivity index (χ3v) is 4.12. The van der Waals surface area contributed by atoms with Crippen LogP contribution in [-0.4, -0.2) is 34.3 Å². The van der Waals surface area contributed by atoms with Crippen molar-refractivity contribution in [2.75, 3.05) is 19.8 Å². The number of imidazole rings is 1. The Morgan fingerprint density at radius 3 is 3.16 bits per heavy atom. The molecule has 2 aromatic rings. The average molecular weight is 258 g/mol. The molecule has 0 aliphatic carbocycles. The molecule has 0 aromatic carbocycles. The van der Waals surface area contributed by atoms with E-state index in [1.165, 1.54) is 6.42 Å². The lowest BCUT2D eigenvalue weighted by atomic mass is 10.1. The SMILES string of the molecule is c1cnc2c(c1)nc(C1CCOC1)n2C1CCCN1. The van der Waals surface area contributed by atoms with Gasteiger partial charge in [-0.25, -0.2) is 9.97 Å². The molecule has 19 heavy (non-hydrogen) atoms. The molecule has 2 aromatic heterocycles. The minimum atomic E-state index is 0.343. The molecule has 0 amide bonds. The highest BCUT2D eigenvalue weighted by Gasteiger charge is 2.29. The van der Waals surface area contributed by atoms with E-state index in [0.717, 1.165) is 49.6 Å². The van der Waals surface area contributed by atoms with Gasteiger partial charge in [0.25, 0.3) is 0 Å². The number of fused-ring (bicyclic) bond motifs is 1. The third-order valence-electron chi connectivity index (χ3n) is 4.12. The second kappa shape index (κ2) is 4.58. The molecule has 2 aliphatic heterocycles. The predicted octanol–water partition coefficient (Wildman–Crippen LogP) is 1.82. The van der Waals surface area contributed by atoms with Gasteiger partial charge < -0.3 is 4.74 Å². The summed E-state index contributed by atoms with van der Waals surface area (Å²) in [6, 6.07) is 4.00. The molecule has 100 valence electrons.